The summed E-state index contributed by atoms with van der Waals surface area (Å²) >= 11 is 0. The molecule has 0 aromatic rings. The van der Waals surface area contributed by atoms with E-state index in [1.807, 2.05) is 13.8 Å². The Morgan fingerprint density at radius 1 is 1.18 bits per heavy atom. The maximum Gasteiger partial charge on any atom is 0.252 e. The first-order chi connectivity index (χ1) is 7.49. The first-order valence-corrected chi connectivity index (χ1v) is 5.62. The van der Waals surface area contributed by atoms with Crippen LogP contribution in [0.2, 0.25) is 0 Å². The fourth-order valence-corrected chi connectivity index (χ4v) is 0.900. The van der Waals surface area contributed by atoms with Crippen LogP contribution in [0.4, 0.5) is 8.78 Å². The Bertz CT molecular complexity index is 335. The van der Waals surface area contributed by atoms with Crippen LogP contribution in [0.1, 0.15) is 41.5 Å². The van der Waals surface area contributed by atoms with Crippen molar-refractivity contribution in [2.24, 2.45) is 11.3 Å². The Morgan fingerprint density at radius 2 is 1.65 bits per heavy atom. The minimum atomic E-state index is -2.70. The minimum Gasteiger partial charge on any atom is -0.340 e. The van der Waals surface area contributed by atoms with E-state index in [9.17, 15) is 13.6 Å². The number of carbonyl (C=O) groups is 1. The van der Waals surface area contributed by atoms with Crippen molar-refractivity contribution < 1.29 is 13.6 Å². The molecule has 0 aliphatic carbocycles. The van der Waals surface area contributed by atoms with Crippen molar-refractivity contribution in [2.75, 3.05) is 0 Å². The largest absolute Gasteiger partial charge is 0.340 e. The molecular formula is C13H21F2NO. The molecule has 1 N–H and O–H groups in total. The predicted octanol–water partition coefficient (Wildman–Crippen LogP) is 2.83. The molecular weight excluding hydrogens is 224 g/mol. The van der Waals surface area contributed by atoms with Crippen LogP contribution in [0.25, 0.3) is 0 Å². The Balaban J connectivity index is 4.76. The average molecular weight is 245 g/mol. The van der Waals surface area contributed by atoms with Crippen molar-refractivity contribution in [2.45, 2.75) is 53.5 Å². The molecule has 0 aromatic carbocycles. The summed E-state index contributed by atoms with van der Waals surface area (Å²) < 4.78 is 25.3. The molecule has 0 rings (SSSR count). The second kappa shape index (κ2) is 5.48. The standard InChI is InChI=1S/C13H21F2NO/c1-9(2)7-8-12(3,4)16-11(17)13(5,6)10(14)15/h9-10H,1-6H3,(H,16,17). The van der Waals surface area contributed by atoms with Gasteiger partial charge in [0.15, 0.2) is 0 Å². The molecule has 0 aliphatic rings. The number of amides is 1. The maximum absolute atomic E-state index is 12.7. The Morgan fingerprint density at radius 3 is 2.00 bits per heavy atom. The number of halogens is 2. The molecule has 0 bridgehead atoms. The lowest BCUT2D eigenvalue weighted by Gasteiger charge is -2.28. The quantitative estimate of drug-likeness (QED) is 0.761. The van der Waals surface area contributed by atoms with E-state index in [0.717, 1.165) is 0 Å². The summed E-state index contributed by atoms with van der Waals surface area (Å²) in [5.41, 5.74) is -2.50. The van der Waals surface area contributed by atoms with Gasteiger partial charge in [-0.25, -0.2) is 8.78 Å². The molecule has 0 unspecified atom stereocenters. The summed E-state index contributed by atoms with van der Waals surface area (Å²) in [5, 5.41) is 2.54. The first kappa shape index (κ1) is 15.9. The molecule has 0 radical (unpaired) electrons. The van der Waals surface area contributed by atoms with E-state index in [-0.39, 0.29) is 5.92 Å². The highest BCUT2D eigenvalue weighted by Gasteiger charge is 2.39. The monoisotopic (exact) mass is 245 g/mol. The fourth-order valence-electron chi connectivity index (χ4n) is 0.900. The van der Waals surface area contributed by atoms with Gasteiger partial charge in [0, 0.05) is 5.92 Å². The van der Waals surface area contributed by atoms with Crippen molar-refractivity contribution >= 4 is 5.91 Å². The van der Waals surface area contributed by atoms with Gasteiger partial charge in [-0.2, -0.15) is 0 Å². The van der Waals surface area contributed by atoms with Gasteiger partial charge in [-0.1, -0.05) is 25.7 Å². The zero-order valence-corrected chi connectivity index (χ0v) is 11.3. The highest BCUT2D eigenvalue weighted by Crippen LogP contribution is 2.25. The normalized spacial score (nSPS) is 12.4. The molecule has 0 spiro atoms. The van der Waals surface area contributed by atoms with E-state index in [4.69, 9.17) is 0 Å². The number of hydrogen-bond acceptors (Lipinski definition) is 1. The van der Waals surface area contributed by atoms with Gasteiger partial charge in [-0.3, -0.25) is 4.79 Å². The lowest BCUT2D eigenvalue weighted by atomic mass is 9.91. The highest BCUT2D eigenvalue weighted by atomic mass is 19.3. The number of alkyl halides is 2. The lowest BCUT2D eigenvalue weighted by molar-refractivity contribution is -0.138. The van der Waals surface area contributed by atoms with E-state index in [1.54, 1.807) is 13.8 Å². The fraction of sp³-hybridized carbons (Fsp3) is 0.769. The van der Waals surface area contributed by atoms with Crippen LogP contribution in [0, 0.1) is 23.2 Å². The second-order valence-corrected chi connectivity index (χ2v) is 5.53. The Hall–Kier alpha value is -1.11. The summed E-state index contributed by atoms with van der Waals surface area (Å²) in [5.74, 6) is 5.28. The second-order valence-electron chi connectivity index (χ2n) is 5.53. The number of carbonyl (C=O) groups excluding carboxylic acids is 1. The summed E-state index contributed by atoms with van der Waals surface area (Å²) in [6, 6.07) is 0. The molecule has 0 atom stereocenters. The van der Waals surface area contributed by atoms with Crippen LogP contribution in [-0.2, 0) is 4.79 Å². The van der Waals surface area contributed by atoms with Gasteiger partial charge < -0.3 is 5.32 Å². The number of nitrogens with one attached hydrogen (secondary N) is 1. The molecule has 0 heterocycles. The molecule has 4 heteroatoms. The minimum absolute atomic E-state index is 0.175. The van der Waals surface area contributed by atoms with E-state index in [2.05, 4.69) is 17.2 Å². The van der Waals surface area contributed by atoms with Gasteiger partial charge in [0.2, 0.25) is 5.91 Å². The summed E-state index contributed by atoms with van der Waals surface area (Å²) in [7, 11) is 0. The van der Waals surface area contributed by atoms with E-state index in [0.29, 0.717) is 0 Å². The van der Waals surface area contributed by atoms with Gasteiger partial charge >= 0.3 is 0 Å². The Labute approximate surface area is 102 Å². The summed E-state index contributed by atoms with van der Waals surface area (Å²) in [6.45, 7) is 9.68. The third kappa shape index (κ3) is 5.16. The van der Waals surface area contributed by atoms with Crippen LogP contribution < -0.4 is 5.32 Å². The molecule has 17 heavy (non-hydrogen) atoms. The molecule has 0 aliphatic heterocycles. The SMILES string of the molecule is CC(C)C#CC(C)(C)NC(=O)C(C)(C)C(F)F. The molecule has 98 valence electrons. The van der Waals surface area contributed by atoms with Gasteiger partial charge in [0.05, 0.1) is 5.54 Å². The smallest absolute Gasteiger partial charge is 0.252 e. The van der Waals surface area contributed by atoms with Crippen LogP contribution in [0.3, 0.4) is 0 Å². The molecule has 0 fully saturated rings. The molecule has 0 saturated heterocycles. The van der Waals surface area contributed by atoms with Crippen LogP contribution >= 0.6 is 0 Å². The average Bonchev–Trinajstić information content (AvgIpc) is 2.14. The van der Waals surface area contributed by atoms with Gasteiger partial charge in [-0.15, -0.1) is 0 Å². The molecule has 0 saturated carbocycles. The summed E-state index contributed by atoms with van der Waals surface area (Å²) in [4.78, 5) is 11.7. The molecule has 1 amide bonds. The third-order valence-electron chi connectivity index (χ3n) is 2.23. The molecule has 2 nitrogen and oxygen atoms in total. The topological polar surface area (TPSA) is 29.1 Å². The van der Waals surface area contributed by atoms with Crippen LogP contribution in [-0.4, -0.2) is 17.9 Å². The van der Waals surface area contributed by atoms with Crippen molar-refractivity contribution in [1.82, 2.24) is 5.32 Å². The highest BCUT2D eigenvalue weighted by molar-refractivity contribution is 5.83. The van der Waals surface area contributed by atoms with E-state index in [1.165, 1.54) is 13.8 Å². The van der Waals surface area contributed by atoms with Crippen molar-refractivity contribution in [3.05, 3.63) is 0 Å². The van der Waals surface area contributed by atoms with Crippen LogP contribution in [0.5, 0.6) is 0 Å². The van der Waals surface area contributed by atoms with Gasteiger partial charge in [0.1, 0.15) is 5.41 Å². The first-order valence-electron chi connectivity index (χ1n) is 5.62. The van der Waals surface area contributed by atoms with Gasteiger partial charge in [0.25, 0.3) is 6.43 Å². The third-order valence-corrected chi connectivity index (χ3v) is 2.23. The lowest BCUT2D eigenvalue weighted by Crippen LogP contribution is -2.50. The van der Waals surface area contributed by atoms with Crippen molar-refractivity contribution in [3.63, 3.8) is 0 Å². The number of rotatable bonds is 3. The number of hydrogen-bond donors (Lipinski definition) is 1. The zero-order valence-electron chi connectivity index (χ0n) is 11.3. The summed E-state index contributed by atoms with van der Waals surface area (Å²) in [6.07, 6.45) is -2.70. The maximum atomic E-state index is 12.7. The Kier molecular flexibility index (Phi) is 5.12. The van der Waals surface area contributed by atoms with Crippen molar-refractivity contribution in [3.8, 4) is 11.8 Å². The predicted molar refractivity (Wildman–Crippen MR) is 64.6 cm³/mol. The van der Waals surface area contributed by atoms with E-state index >= 15 is 0 Å². The van der Waals surface area contributed by atoms with Crippen LogP contribution in [0.15, 0.2) is 0 Å². The van der Waals surface area contributed by atoms with Gasteiger partial charge in [-0.05, 0) is 27.7 Å². The zero-order chi connectivity index (χ0) is 13.9. The van der Waals surface area contributed by atoms with E-state index < -0.39 is 23.3 Å². The van der Waals surface area contributed by atoms with Crippen molar-refractivity contribution in [1.29, 1.82) is 0 Å². The molecule has 0 aromatic heterocycles.